The molecule has 1 amide bonds. The Bertz CT molecular complexity index is 723. The molecule has 1 aromatic rings. The maximum Gasteiger partial charge on any atom is 0.221 e. The molecule has 6 nitrogen and oxygen atoms in total. The molecule has 0 bridgehead atoms. The van der Waals surface area contributed by atoms with Crippen molar-refractivity contribution >= 4 is 15.7 Å². The Balaban J connectivity index is 2.16. The summed E-state index contributed by atoms with van der Waals surface area (Å²) in [5.74, 6) is 1.01. The van der Waals surface area contributed by atoms with Gasteiger partial charge in [-0.05, 0) is 30.5 Å². The van der Waals surface area contributed by atoms with Crippen LogP contribution in [0.15, 0.2) is 18.2 Å². The molecule has 0 spiro atoms. The van der Waals surface area contributed by atoms with Crippen molar-refractivity contribution in [3.63, 3.8) is 0 Å². The summed E-state index contributed by atoms with van der Waals surface area (Å²) < 4.78 is 33.3. The van der Waals surface area contributed by atoms with Gasteiger partial charge in [0, 0.05) is 24.6 Å². The number of nitrogens with one attached hydrogen (secondary N) is 1. The van der Waals surface area contributed by atoms with E-state index in [-0.39, 0.29) is 23.5 Å². The minimum atomic E-state index is -3.14. The van der Waals surface area contributed by atoms with Crippen molar-refractivity contribution < 1.29 is 22.7 Å². The number of sulfone groups is 1. The first-order valence-electron chi connectivity index (χ1n) is 8.96. The van der Waals surface area contributed by atoms with Crippen molar-refractivity contribution in [3.8, 4) is 11.5 Å². The minimum Gasteiger partial charge on any atom is -0.493 e. The van der Waals surface area contributed by atoms with Crippen LogP contribution in [0.4, 0.5) is 0 Å². The van der Waals surface area contributed by atoms with Crippen LogP contribution in [0.1, 0.15) is 44.1 Å². The van der Waals surface area contributed by atoms with Crippen LogP contribution in [0.2, 0.25) is 0 Å². The minimum absolute atomic E-state index is 0.000840. The number of methoxy groups -OCH3 is 2. The Morgan fingerprint density at radius 2 is 1.77 bits per heavy atom. The van der Waals surface area contributed by atoms with Gasteiger partial charge in [-0.1, -0.05) is 25.3 Å². The van der Waals surface area contributed by atoms with E-state index in [2.05, 4.69) is 5.32 Å². The van der Waals surface area contributed by atoms with E-state index in [1.165, 1.54) is 6.42 Å². The average Bonchev–Trinajstić information content (AvgIpc) is 2.64. The Morgan fingerprint density at radius 1 is 1.12 bits per heavy atom. The van der Waals surface area contributed by atoms with Gasteiger partial charge >= 0.3 is 0 Å². The predicted octanol–water partition coefficient (Wildman–Crippen LogP) is 2.46. The second kappa shape index (κ2) is 8.75. The smallest absolute Gasteiger partial charge is 0.221 e. The van der Waals surface area contributed by atoms with E-state index in [1.54, 1.807) is 14.2 Å². The van der Waals surface area contributed by atoms with Crippen LogP contribution >= 0.6 is 0 Å². The number of carbonyl (C=O) groups is 1. The number of hydrogen-bond donors (Lipinski definition) is 1. The molecule has 7 heteroatoms. The van der Waals surface area contributed by atoms with Crippen LogP contribution < -0.4 is 14.8 Å². The van der Waals surface area contributed by atoms with Crippen LogP contribution in [0.5, 0.6) is 11.5 Å². The Labute approximate surface area is 156 Å². The maximum atomic E-state index is 12.1. The van der Waals surface area contributed by atoms with Gasteiger partial charge in [0.05, 0.1) is 20.0 Å². The zero-order chi connectivity index (χ0) is 19.2. The summed E-state index contributed by atoms with van der Waals surface area (Å²) in [6.07, 6.45) is 6.51. The molecular weight excluding hydrogens is 354 g/mol. The lowest BCUT2D eigenvalue weighted by Crippen LogP contribution is -2.42. The first kappa shape index (κ1) is 20.6. The molecule has 1 aliphatic rings. The largest absolute Gasteiger partial charge is 0.493 e. The van der Waals surface area contributed by atoms with Gasteiger partial charge in [-0.2, -0.15) is 0 Å². The molecule has 1 aliphatic carbocycles. The van der Waals surface area contributed by atoms with Crippen molar-refractivity contribution in [3.05, 3.63) is 23.8 Å². The fraction of sp³-hybridized carbons (Fsp3) is 0.632. The first-order valence-corrected chi connectivity index (χ1v) is 11.0. The van der Waals surface area contributed by atoms with Crippen molar-refractivity contribution in [2.24, 2.45) is 0 Å². The van der Waals surface area contributed by atoms with E-state index in [4.69, 9.17) is 9.47 Å². The highest BCUT2D eigenvalue weighted by atomic mass is 32.2. The van der Waals surface area contributed by atoms with Gasteiger partial charge in [0.25, 0.3) is 0 Å². The van der Waals surface area contributed by atoms with Gasteiger partial charge < -0.3 is 14.8 Å². The van der Waals surface area contributed by atoms with Gasteiger partial charge in [0.2, 0.25) is 5.91 Å². The van der Waals surface area contributed by atoms with Crippen molar-refractivity contribution in [2.45, 2.75) is 43.9 Å². The lowest BCUT2D eigenvalue weighted by molar-refractivity contribution is -0.121. The molecule has 0 aromatic heterocycles. The van der Waals surface area contributed by atoms with Crippen LogP contribution in [0.25, 0.3) is 0 Å². The molecule has 1 aromatic carbocycles. The number of rotatable bonds is 8. The third-order valence-corrected chi connectivity index (χ3v) is 6.08. The normalized spacial score (nSPS) is 16.7. The summed E-state index contributed by atoms with van der Waals surface area (Å²) >= 11 is 0. The fourth-order valence-electron chi connectivity index (χ4n) is 3.60. The summed E-state index contributed by atoms with van der Waals surface area (Å²) in [6, 6.07) is 5.93. The zero-order valence-corrected chi connectivity index (χ0v) is 16.7. The lowest BCUT2D eigenvalue weighted by Gasteiger charge is -2.38. The summed E-state index contributed by atoms with van der Waals surface area (Å²) in [4.78, 5) is 12.1. The molecule has 26 heavy (non-hydrogen) atoms. The quantitative estimate of drug-likeness (QED) is 0.746. The predicted molar refractivity (Wildman–Crippen MR) is 102 cm³/mol. The molecule has 0 radical (unpaired) electrons. The molecule has 1 N–H and O–H groups in total. The molecule has 0 unspecified atom stereocenters. The SMILES string of the molecule is COc1ccc(C2(CNC(=O)CCS(C)(=O)=O)CCCCC2)cc1OC. The van der Waals surface area contributed by atoms with Gasteiger partial charge in [-0.15, -0.1) is 0 Å². The van der Waals surface area contributed by atoms with Gasteiger partial charge in [0.15, 0.2) is 11.5 Å². The Hall–Kier alpha value is -1.76. The fourth-order valence-corrected chi connectivity index (χ4v) is 4.15. The monoisotopic (exact) mass is 383 g/mol. The third-order valence-electron chi connectivity index (χ3n) is 5.13. The molecule has 0 saturated heterocycles. The Kier molecular flexibility index (Phi) is 6.92. The number of benzene rings is 1. The van der Waals surface area contributed by atoms with E-state index in [0.29, 0.717) is 18.0 Å². The number of carbonyl (C=O) groups excluding carboxylic acids is 1. The van der Waals surface area contributed by atoms with E-state index in [1.807, 2.05) is 18.2 Å². The first-order chi connectivity index (χ1) is 12.3. The number of hydrogen-bond acceptors (Lipinski definition) is 5. The van der Waals surface area contributed by atoms with Crippen molar-refractivity contribution in [1.29, 1.82) is 0 Å². The second-order valence-electron chi connectivity index (χ2n) is 7.07. The summed E-state index contributed by atoms with van der Waals surface area (Å²) in [5, 5.41) is 2.95. The van der Waals surface area contributed by atoms with E-state index < -0.39 is 9.84 Å². The standard InChI is InChI=1S/C19H29NO5S/c1-24-16-8-7-15(13-17(16)25-2)19(10-5-4-6-11-19)14-20-18(21)9-12-26(3,22)23/h7-8,13H,4-6,9-12,14H2,1-3H3,(H,20,21). The second-order valence-corrected chi connectivity index (χ2v) is 9.33. The average molecular weight is 384 g/mol. The molecule has 0 aliphatic heterocycles. The topological polar surface area (TPSA) is 81.7 Å². The van der Waals surface area contributed by atoms with Crippen LogP contribution in [0.3, 0.4) is 0 Å². The highest BCUT2D eigenvalue weighted by Gasteiger charge is 2.35. The van der Waals surface area contributed by atoms with E-state index in [0.717, 1.165) is 37.5 Å². The van der Waals surface area contributed by atoms with E-state index in [9.17, 15) is 13.2 Å². The van der Waals surface area contributed by atoms with Crippen molar-refractivity contribution in [2.75, 3.05) is 32.8 Å². The maximum absolute atomic E-state index is 12.1. The number of amides is 1. The summed E-state index contributed by atoms with van der Waals surface area (Å²) in [5.41, 5.74) is 0.969. The van der Waals surface area contributed by atoms with Crippen LogP contribution in [-0.4, -0.2) is 47.1 Å². The molecule has 0 atom stereocenters. The van der Waals surface area contributed by atoms with Gasteiger partial charge in [0.1, 0.15) is 9.84 Å². The molecular formula is C19H29NO5S. The highest BCUT2D eigenvalue weighted by molar-refractivity contribution is 7.90. The Morgan fingerprint density at radius 3 is 2.35 bits per heavy atom. The molecule has 1 saturated carbocycles. The lowest BCUT2D eigenvalue weighted by atomic mass is 9.69. The van der Waals surface area contributed by atoms with Crippen molar-refractivity contribution in [1.82, 2.24) is 5.32 Å². The van der Waals surface area contributed by atoms with Gasteiger partial charge in [-0.3, -0.25) is 4.79 Å². The van der Waals surface area contributed by atoms with Crippen LogP contribution in [0, 0.1) is 0 Å². The summed E-state index contributed by atoms with van der Waals surface area (Å²) in [7, 11) is 0.0826. The number of ether oxygens (including phenoxy) is 2. The molecule has 0 heterocycles. The molecule has 146 valence electrons. The molecule has 2 rings (SSSR count). The van der Waals surface area contributed by atoms with Gasteiger partial charge in [-0.25, -0.2) is 8.42 Å². The highest BCUT2D eigenvalue weighted by Crippen LogP contribution is 2.42. The zero-order valence-electron chi connectivity index (χ0n) is 15.8. The van der Waals surface area contributed by atoms with E-state index >= 15 is 0 Å². The molecule has 1 fully saturated rings. The third kappa shape index (κ3) is 5.37. The van der Waals surface area contributed by atoms with Crippen LogP contribution in [-0.2, 0) is 20.0 Å². The summed E-state index contributed by atoms with van der Waals surface area (Å²) in [6.45, 7) is 0.505.